The molecule has 1 saturated carbocycles. The van der Waals surface area contributed by atoms with E-state index in [0.717, 1.165) is 30.0 Å². The van der Waals surface area contributed by atoms with Crippen LogP contribution in [0.3, 0.4) is 0 Å². The van der Waals surface area contributed by atoms with Gasteiger partial charge in [-0.25, -0.2) is 0 Å². The van der Waals surface area contributed by atoms with E-state index in [1.807, 2.05) is 0 Å². The summed E-state index contributed by atoms with van der Waals surface area (Å²) in [5.41, 5.74) is 1.81. The predicted molar refractivity (Wildman–Crippen MR) is 65.7 cm³/mol. The molecule has 0 aromatic carbocycles. The second-order valence-corrected chi connectivity index (χ2v) is 5.31. The van der Waals surface area contributed by atoms with Gasteiger partial charge in [-0.05, 0) is 12.8 Å². The number of nitrogens with zero attached hydrogens (tertiary/aromatic N) is 2. The number of ether oxygens (including phenoxy) is 1. The molecule has 1 aliphatic carbocycles. The molecule has 0 spiro atoms. The summed E-state index contributed by atoms with van der Waals surface area (Å²) in [6.45, 7) is 5.48. The number of aromatic nitrogens is 1. The second kappa shape index (κ2) is 4.39. The molecule has 0 radical (unpaired) electrons. The maximum atomic E-state index is 12.0. The predicted octanol–water partition coefficient (Wildman–Crippen LogP) is 2.04. The van der Waals surface area contributed by atoms with Gasteiger partial charge in [0.1, 0.15) is 18.0 Å². The average Bonchev–Trinajstić information content (AvgIpc) is 3.09. The third-order valence-corrected chi connectivity index (χ3v) is 3.47. The van der Waals surface area contributed by atoms with Crippen LogP contribution in [-0.2, 0) is 9.53 Å². The van der Waals surface area contributed by atoms with Crippen molar-refractivity contribution in [3.63, 3.8) is 0 Å². The molecular formula is C13H18N2O3. The lowest BCUT2D eigenvalue weighted by molar-refractivity contribution is -0.125. The Balaban J connectivity index is 2.01. The van der Waals surface area contributed by atoms with E-state index in [9.17, 15) is 4.79 Å². The summed E-state index contributed by atoms with van der Waals surface area (Å²) in [6.07, 6.45) is 2.27. The first kappa shape index (κ1) is 11.7. The number of rotatable bonds is 3. The zero-order chi connectivity index (χ0) is 12.7. The van der Waals surface area contributed by atoms with E-state index in [1.54, 1.807) is 4.90 Å². The van der Waals surface area contributed by atoms with Crippen LogP contribution in [-0.4, -0.2) is 30.8 Å². The molecule has 0 bridgehead atoms. The highest BCUT2D eigenvalue weighted by molar-refractivity contribution is 5.96. The summed E-state index contributed by atoms with van der Waals surface area (Å²) in [4.78, 5) is 13.8. The molecule has 0 unspecified atom stereocenters. The van der Waals surface area contributed by atoms with Gasteiger partial charge in [0.05, 0.1) is 6.61 Å². The number of anilines is 1. The zero-order valence-electron chi connectivity index (χ0n) is 10.8. The fourth-order valence-electron chi connectivity index (χ4n) is 2.33. The van der Waals surface area contributed by atoms with E-state index in [-0.39, 0.29) is 18.4 Å². The number of amides is 1. The van der Waals surface area contributed by atoms with Crippen LogP contribution in [0.5, 0.6) is 0 Å². The maximum absolute atomic E-state index is 12.0. The first-order chi connectivity index (χ1) is 8.68. The Morgan fingerprint density at radius 2 is 2.17 bits per heavy atom. The van der Waals surface area contributed by atoms with Gasteiger partial charge in [-0.15, -0.1) is 0 Å². The first-order valence-corrected chi connectivity index (χ1v) is 6.56. The Morgan fingerprint density at radius 1 is 1.39 bits per heavy atom. The van der Waals surface area contributed by atoms with Crippen molar-refractivity contribution >= 4 is 11.6 Å². The molecule has 1 aliphatic heterocycles. The van der Waals surface area contributed by atoms with Crippen molar-refractivity contribution < 1.29 is 14.1 Å². The number of hydrogen-bond donors (Lipinski definition) is 0. The van der Waals surface area contributed by atoms with Crippen molar-refractivity contribution in [1.82, 2.24) is 5.16 Å². The van der Waals surface area contributed by atoms with Crippen LogP contribution in [0.2, 0.25) is 0 Å². The molecule has 0 N–H and O–H groups in total. The quantitative estimate of drug-likeness (QED) is 0.823. The molecule has 5 nitrogen and oxygen atoms in total. The third kappa shape index (κ3) is 1.92. The van der Waals surface area contributed by atoms with Crippen LogP contribution in [0.4, 0.5) is 5.69 Å². The largest absolute Gasteiger partial charge is 0.370 e. The molecule has 5 heteroatoms. The molecule has 1 aromatic rings. The Kier molecular flexibility index (Phi) is 2.86. The van der Waals surface area contributed by atoms with E-state index in [2.05, 4.69) is 19.0 Å². The van der Waals surface area contributed by atoms with Gasteiger partial charge in [0.15, 0.2) is 5.76 Å². The Morgan fingerprint density at radius 3 is 2.78 bits per heavy atom. The lowest BCUT2D eigenvalue weighted by atomic mass is 10.1. The van der Waals surface area contributed by atoms with Gasteiger partial charge >= 0.3 is 0 Å². The van der Waals surface area contributed by atoms with Gasteiger partial charge in [0.25, 0.3) is 5.91 Å². The van der Waals surface area contributed by atoms with Crippen molar-refractivity contribution in [2.45, 2.75) is 38.5 Å². The lowest BCUT2D eigenvalue weighted by Gasteiger charge is -2.27. The smallest absolute Gasteiger partial charge is 0.253 e. The van der Waals surface area contributed by atoms with Crippen LogP contribution in [0.25, 0.3) is 0 Å². The van der Waals surface area contributed by atoms with Gasteiger partial charge in [0.2, 0.25) is 0 Å². The Bertz CT molecular complexity index is 443. The molecule has 1 saturated heterocycles. The minimum atomic E-state index is 0.00764. The van der Waals surface area contributed by atoms with E-state index < -0.39 is 0 Å². The molecule has 0 atom stereocenters. The standard InChI is InChI=1S/C13H18N2O3/c1-8(2)11-12(13(18-14-11)9-3-4-9)15-5-6-17-7-10(15)16/h8-9H,3-7H2,1-2H3. The summed E-state index contributed by atoms with van der Waals surface area (Å²) in [5, 5.41) is 4.18. The highest BCUT2D eigenvalue weighted by Gasteiger charge is 2.37. The summed E-state index contributed by atoms with van der Waals surface area (Å²) in [5.74, 6) is 1.62. The number of hydrogen-bond acceptors (Lipinski definition) is 4. The molecule has 98 valence electrons. The van der Waals surface area contributed by atoms with Gasteiger partial charge in [-0.1, -0.05) is 19.0 Å². The second-order valence-electron chi connectivity index (χ2n) is 5.31. The van der Waals surface area contributed by atoms with Gasteiger partial charge in [0, 0.05) is 18.4 Å². The van der Waals surface area contributed by atoms with Crippen molar-refractivity contribution in [1.29, 1.82) is 0 Å². The Hall–Kier alpha value is -1.36. The molecule has 1 aromatic heterocycles. The zero-order valence-corrected chi connectivity index (χ0v) is 10.8. The molecule has 18 heavy (non-hydrogen) atoms. The summed E-state index contributed by atoms with van der Waals surface area (Å²) >= 11 is 0. The van der Waals surface area contributed by atoms with Gasteiger partial charge in [-0.3, -0.25) is 4.79 Å². The molecule has 2 aliphatic rings. The highest BCUT2D eigenvalue weighted by Crippen LogP contribution is 2.47. The highest BCUT2D eigenvalue weighted by atomic mass is 16.5. The fourth-order valence-corrected chi connectivity index (χ4v) is 2.33. The van der Waals surface area contributed by atoms with E-state index in [0.29, 0.717) is 19.1 Å². The van der Waals surface area contributed by atoms with Crippen LogP contribution >= 0.6 is 0 Å². The molecule has 2 fully saturated rings. The minimum Gasteiger partial charge on any atom is -0.370 e. The van der Waals surface area contributed by atoms with E-state index in [1.165, 1.54) is 0 Å². The number of morpholine rings is 1. The SMILES string of the molecule is CC(C)c1noc(C2CC2)c1N1CCOCC1=O. The minimum absolute atomic E-state index is 0.00764. The van der Waals surface area contributed by atoms with Crippen molar-refractivity contribution in [3.05, 3.63) is 11.5 Å². The third-order valence-electron chi connectivity index (χ3n) is 3.47. The van der Waals surface area contributed by atoms with Crippen LogP contribution in [0.1, 0.15) is 50.0 Å². The normalized spacial score (nSPS) is 20.8. The summed E-state index contributed by atoms with van der Waals surface area (Å²) in [6, 6.07) is 0. The van der Waals surface area contributed by atoms with Crippen molar-refractivity contribution in [2.75, 3.05) is 24.7 Å². The van der Waals surface area contributed by atoms with E-state index in [4.69, 9.17) is 9.26 Å². The van der Waals surface area contributed by atoms with Crippen molar-refractivity contribution in [3.8, 4) is 0 Å². The summed E-state index contributed by atoms with van der Waals surface area (Å²) in [7, 11) is 0. The number of carbonyl (C=O) groups is 1. The van der Waals surface area contributed by atoms with Gasteiger partial charge < -0.3 is 14.2 Å². The maximum Gasteiger partial charge on any atom is 0.253 e. The Labute approximate surface area is 106 Å². The monoisotopic (exact) mass is 250 g/mol. The fraction of sp³-hybridized carbons (Fsp3) is 0.692. The molecule has 3 rings (SSSR count). The molecule has 1 amide bonds. The average molecular weight is 250 g/mol. The molecular weight excluding hydrogens is 232 g/mol. The van der Waals surface area contributed by atoms with E-state index >= 15 is 0 Å². The molecule has 2 heterocycles. The topological polar surface area (TPSA) is 55.6 Å². The number of carbonyl (C=O) groups excluding carboxylic acids is 1. The van der Waals surface area contributed by atoms with Crippen LogP contribution < -0.4 is 4.90 Å². The summed E-state index contributed by atoms with van der Waals surface area (Å²) < 4.78 is 10.7. The van der Waals surface area contributed by atoms with Gasteiger partial charge in [-0.2, -0.15) is 0 Å². The van der Waals surface area contributed by atoms with Crippen LogP contribution in [0, 0.1) is 0 Å². The first-order valence-electron chi connectivity index (χ1n) is 6.56. The lowest BCUT2D eigenvalue weighted by Crippen LogP contribution is -2.42. The van der Waals surface area contributed by atoms with Crippen molar-refractivity contribution in [2.24, 2.45) is 0 Å². The van der Waals surface area contributed by atoms with Crippen LogP contribution in [0.15, 0.2) is 4.52 Å².